The Bertz CT molecular complexity index is 691. The lowest BCUT2D eigenvalue weighted by Gasteiger charge is -2.20. The molecule has 1 aliphatic rings. The van der Waals surface area contributed by atoms with Crippen LogP contribution in [0.5, 0.6) is 0 Å². The first-order valence-corrected chi connectivity index (χ1v) is 8.59. The lowest BCUT2D eigenvalue weighted by atomic mass is 9.95. The maximum Gasteiger partial charge on any atom is 0.275 e. The predicted molar refractivity (Wildman–Crippen MR) is 89.5 cm³/mol. The third-order valence-electron chi connectivity index (χ3n) is 3.87. The molecule has 0 fully saturated rings. The van der Waals surface area contributed by atoms with Gasteiger partial charge < -0.3 is 4.90 Å². The second-order valence-corrected chi connectivity index (χ2v) is 7.22. The van der Waals surface area contributed by atoms with Crippen LogP contribution >= 0.6 is 22.9 Å². The first-order chi connectivity index (χ1) is 10.7. The molecule has 1 amide bonds. The van der Waals surface area contributed by atoms with E-state index in [1.807, 2.05) is 12.1 Å². The maximum absolute atomic E-state index is 12.8. The molecule has 3 rings (SSSR count). The molecule has 0 spiro atoms. The molecule has 0 atom stereocenters. The number of nitrogens with one attached hydrogen (secondary N) is 1. The van der Waals surface area contributed by atoms with Gasteiger partial charge in [-0.05, 0) is 37.8 Å². The number of hydrogen-bond donors (Lipinski definition) is 1. The van der Waals surface area contributed by atoms with E-state index >= 15 is 0 Å². The highest BCUT2D eigenvalue weighted by Gasteiger charge is 2.25. The normalized spacial score (nSPS) is 13.7. The Morgan fingerprint density at radius 1 is 1.45 bits per heavy atom. The molecule has 4 nitrogen and oxygen atoms in total. The van der Waals surface area contributed by atoms with Crippen molar-refractivity contribution in [2.24, 2.45) is 0 Å². The SMILES string of the molecule is C=CCN(Cc1ccc(Cl)s1)C(=O)c1n[nH]c2c1CCCC2. The number of carbonyl (C=O) groups is 1. The van der Waals surface area contributed by atoms with Crippen LogP contribution in [0.1, 0.15) is 39.5 Å². The van der Waals surface area contributed by atoms with E-state index in [0.29, 0.717) is 18.8 Å². The lowest BCUT2D eigenvalue weighted by molar-refractivity contribution is 0.0757. The van der Waals surface area contributed by atoms with Crippen molar-refractivity contribution in [3.8, 4) is 0 Å². The van der Waals surface area contributed by atoms with Crippen LogP contribution in [-0.2, 0) is 19.4 Å². The molecule has 2 aromatic rings. The number of aryl methyl sites for hydroxylation is 1. The molecular formula is C16H18ClN3OS. The van der Waals surface area contributed by atoms with E-state index < -0.39 is 0 Å². The number of thiophene rings is 1. The molecule has 0 aromatic carbocycles. The van der Waals surface area contributed by atoms with E-state index in [1.165, 1.54) is 11.3 Å². The summed E-state index contributed by atoms with van der Waals surface area (Å²) in [6.45, 7) is 4.78. The third-order valence-corrected chi connectivity index (χ3v) is 5.09. The van der Waals surface area contributed by atoms with Crippen LogP contribution in [0.4, 0.5) is 0 Å². The number of H-pyrrole nitrogens is 1. The van der Waals surface area contributed by atoms with Crippen LogP contribution in [0.25, 0.3) is 0 Å². The number of aromatic nitrogens is 2. The zero-order valence-electron chi connectivity index (χ0n) is 12.3. The monoisotopic (exact) mass is 335 g/mol. The van der Waals surface area contributed by atoms with Crippen molar-refractivity contribution >= 4 is 28.8 Å². The molecular weight excluding hydrogens is 318 g/mol. The molecule has 1 aliphatic carbocycles. The van der Waals surface area contributed by atoms with Crippen LogP contribution in [-0.4, -0.2) is 27.5 Å². The van der Waals surface area contributed by atoms with Crippen LogP contribution in [0, 0.1) is 0 Å². The number of nitrogens with zero attached hydrogens (tertiary/aromatic N) is 2. The quantitative estimate of drug-likeness (QED) is 0.844. The van der Waals surface area contributed by atoms with Crippen molar-refractivity contribution in [3.05, 3.63) is 51.0 Å². The molecule has 6 heteroatoms. The van der Waals surface area contributed by atoms with Crippen molar-refractivity contribution in [2.45, 2.75) is 32.2 Å². The van der Waals surface area contributed by atoms with Crippen LogP contribution in [0.2, 0.25) is 4.34 Å². The minimum atomic E-state index is -0.0381. The van der Waals surface area contributed by atoms with E-state index in [4.69, 9.17) is 11.6 Å². The summed E-state index contributed by atoms with van der Waals surface area (Å²) in [4.78, 5) is 15.7. The molecule has 2 aromatic heterocycles. The summed E-state index contributed by atoms with van der Waals surface area (Å²) in [6.07, 6.45) is 5.94. The molecule has 116 valence electrons. The van der Waals surface area contributed by atoms with Gasteiger partial charge in [0.05, 0.1) is 10.9 Å². The maximum atomic E-state index is 12.8. The molecule has 2 heterocycles. The molecule has 0 unspecified atom stereocenters. The zero-order chi connectivity index (χ0) is 15.5. The van der Waals surface area contributed by atoms with Crippen LogP contribution < -0.4 is 0 Å². The minimum absolute atomic E-state index is 0.0381. The van der Waals surface area contributed by atoms with E-state index in [2.05, 4.69) is 16.8 Å². The van der Waals surface area contributed by atoms with Crippen molar-refractivity contribution in [2.75, 3.05) is 6.54 Å². The first-order valence-electron chi connectivity index (χ1n) is 7.39. The first kappa shape index (κ1) is 15.3. The molecule has 0 radical (unpaired) electrons. The Kier molecular flexibility index (Phi) is 4.64. The standard InChI is InChI=1S/C16H18ClN3OS/c1-2-9-20(10-11-7-8-14(17)22-11)16(21)15-12-5-3-4-6-13(12)18-19-15/h2,7-8H,1,3-6,9-10H2,(H,18,19). The van der Waals surface area contributed by atoms with Gasteiger partial charge in [0.15, 0.2) is 5.69 Å². The predicted octanol–water partition coefficient (Wildman–Crippen LogP) is 3.83. The highest BCUT2D eigenvalue weighted by Crippen LogP contribution is 2.26. The zero-order valence-corrected chi connectivity index (χ0v) is 13.8. The Morgan fingerprint density at radius 2 is 2.27 bits per heavy atom. The minimum Gasteiger partial charge on any atom is -0.328 e. The van der Waals surface area contributed by atoms with Gasteiger partial charge in [-0.3, -0.25) is 9.89 Å². The number of halogens is 1. The van der Waals surface area contributed by atoms with E-state index in [-0.39, 0.29) is 5.91 Å². The Morgan fingerprint density at radius 3 is 3.00 bits per heavy atom. The van der Waals surface area contributed by atoms with E-state index in [0.717, 1.165) is 46.2 Å². The largest absolute Gasteiger partial charge is 0.328 e. The summed E-state index contributed by atoms with van der Waals surface area (Å²) in [7, 11) is 0. The Labute approximate surface area is 138 Å². The van der Waals surface area contributed by atoms with Gasteiger partial charge in [-0.2, -0.15) is 5.10 Å². The number of aromatic amines is 1. The number of amides is 1. The second-order valence-electron chi connectivity index (χ2n) is 5.42. The number of fused-ring (bicyclic) bond motifs is 1. The van der Waals surface area contributed by atoms with Crippen molar-refractivity contribution in [1.82, 2.24) is 15.1 Å². The van der Waals surface area contributed by atoms with Gasteiger partial charge in [-0.1, -0.05) is 17.7 Å². The highest BCUT2D eigenvalue weighted by atomic mass is 35.5. The van der Waals surface area contributed by atoms with Gasteiger partial charge in [0.1, 0.15) is 0 Å². The number of carbonyl (C=O) groups excluding carboxylic acids is 1. The fourth-order valence-electron chi connectivity index (χ4n) is 2.81. The summed E-state index contributed by atoms with van der Waals surface area (Å²) in [6, 6.07) is 3.81. The number of rotatable bonds is 5. The van der Waals surface area contributed by atoms with Crippen LogP contribution in [0.15, 0.2) is 24.8 Å². The summed E-state index contributed by atoms with van der Waals surface area (Å²) in [5.74, 6) is -0.0381. The van der Waals surface area contributed by atoms with E-state index in [9.17, 15) is 4.79 Å². The molecule has 0 saturated heterocycles. The van der Waals surface area contributed by atoms with Gasteiger partial charge in [0, 0.05) is 22.7 Å². The summed E-state index contributed by atoms with van der Waals surface area (Å²) >= 11 is 7.47. The lowest BCUT2D eigenvalue weighted by Crippen LogP contribution is -2.31. The molecule has 22 heavy (non-hydrogen) atoms. The molecule has 0 saturated carbocycles. The van der Waals surface area contributed by atoms with E-state index in [1.54, 1.807) is 11.0 Å². The third kappa shape index (κ3) is 3.10. The summed E-state index contributed by atoms with van der Waals surface area (Å²) < 4.78 is 0.734. The number of hydrogen-bond acceptors (Lipinski definition) is 3. The average Bonchev–Trinajstić information content (AvgIpc) is 3.12. The average molecular weight is 336 g/mol. The highest BCUT2D eigenvalue weighted by molar-refractivity contribution is 7.16. The fraction of sp³-hybridized carbons (Fsp3) is 0.375. The smallest absolute Gasteiger partial charge is 0.275 e. The fourth-order valence-corrected chi connectivity index (χ4v) is 3.91. The van der Waals surface area contributed by atoms with Gasteiger partial charge in [0.25, 0.3) is 5.91 Å². The second kappa shape index (κ2) is 6.67. The topological polar surface area (TPSA) is 49.0 Å². The molecule has 0 bridgehead atoms. The van der Waals surface area contributed by atoms with Gasteiger partial charge in [0.2, 0.25) is 0 Å². The van der Waals surface area contributed by atoms with Gasteiger partial charge in [-0.15, -0.1) is 17.9 Å². The van der Waals surface area contributed by atoms with Crippen molar-refractivity contribution in [1.29, 1.82) is 0 Å². The summed E-state index contributed by atoms with van der Waals surface area (Å²) in [5.41, 5.74) is 2.78. The van der Waals surface area contributed by atoms with Gasteiger partial charge >= 0.3 is 0 Å². The van der Waals surface area contributed by atoms with Crippen molar-refractivity contribution in [3.63, 3.8) is 0 Å². The van der Waals surface area contributed by atoms with Gasteiger partial charge in [-0.25, -0.2) is 0 Å². The van der Waals surface area contributed by atoms with Crippen LogP contribution in [0.3, 0.4) is 0 Å². The Balaban J connectivity index is 1.83. The Hall–Kier alpha value is -1.59. The van der Waals surface area contributed by atoms with Crippen molar-refractivity contribution < 1.29 is 4.79 Å². The molecule has 0 aliphatic heterocycles. The molecule has 1 N–H and O–H groups in total. The summed E-state index contributed by atoms with van der Waals surface area (Å²) in [5, 5.41) is 7.30.